The number of hydrogen-bond donors (Lipinski definition) is 2. The van der Waals surface area contributed by atoms with Crippen molar-refractivity contribution in [2.75, 3.05) is 17.3 Å². The number of benzene rings is 1. The molecule has 2 aromatic rings. The molecule has 6 heteroatoms. The molecule has 1 aromatic carbocycles. The topological polar surface area (TPSA) is 80.9 Å². The Morgan fingerprint density at radius 2 is 1.95 bits per heavy atom. The van der Waals surface area contributed by atoms with Crippen LogP contribution in [0.15, 0.2) is 42.7 Å². The minimum Gasteiger partial charge on any atom is -0.322 e. The summed E-state index contributed by atoms with van der Waals surface area (Å²) in [6.45, 7) is 0. The molecule has 0 unspecified atom stereocenters. The molecule has 0 saturated carbocycles. The summed E-state index contributed by atoms with van der Waals surface area (Å²) < 4.78 is 0. The average Bonchev–Trinajstić information content (AvgIpc) is 2.54. The SMILES string of the molecule is CSCC[C@H](N)C(=O)Nc1cnc(-c2ccccc2)nc1. The van der Waals surface area contributed by atoms with Gasteiger partial charge in [-0.3, -0.25) is 4.79 Å². The number of carbonyl (C=O) groups excluding carboxylic acids is 1. The van der Waals surface area contributed by atoms with E-state index in [1.165, 1.54) is 0 Å². The van der Waals surface area contributed by atoms with E-state index in [0.29, 0.717) is 17.9 Å². The van der Waals surface area contributed by atoms with Crippen molar-refractivity contribution in [3.05, 3.63) is 42.7 Å². The zero-order valence-electron chi connectivity index (χ0n) is 11.8. The molecule has 5 nitrogen and oxygen atoms in total. The summed E-state index contributed by atoms with van der Waals surface area (Å²) in [4.78, 5) is 20.4. The van der Waals surface area contributed by atoms with Gasteiger partial charge in [0.2, 0.25) is 5.91 Å². The van der Waals surface area contributed by atoms with Crippen LogP contribution in [0.4, 0.5) is 5.69 Å². The van der Waals surface area contributed by atoms with E-state index in [2.05, 4.69) is 15.3 Å². The first-order valence-electron chi connectivity index (χ1n) is 6.63. The number of nitrogens with zero attached hydrogens (tertiary/aromatic N) is 2. The van der Waals surface area contributed by atoms with Crippen molar-refractivity contribution < 1.29 is 4.79 Å². The minimum atomic E-state index is -0.508. The first kappa shape index (κ1) is 15.5. The number of carbonyl (C=O) groups is 1. The molecule has 0 aliphatic rings. The van der Waals surface area contributed by atoms with Gasteiger partial charge in [0, 0.05) is 5.56 Å². The first-order chi connectivity index (χ1) is 10.2. The summed E-state index contributed by atoms with van der Waals surface area (Å²) in [5.74, 6) is 1.28. The third-order valence-electron chi connectivity index (χ3n) is 2.92. The largest absolute Gasteiger partial charge is 0.322 e. The lowest BCUT2D eigenvalue weighted by Crippen LogP contribution is -2.36. The van der Waals surface area contributed by atoms with Gasteiger partial charge in [0.1, 0.15) is 0 Å². The van der Waals surface area contributed by atoms with Crippen molar-refractivity contribution in [1.29, 1.82) is 0 Å². The van der Waals surface area contributed by atoms with Crippen molar-refractivity contribution in [3.63, 3.8) is 0 Å². The van der Waals surface area contributed by atoms with E-state index >= 15 is 0 Å². The molecule has 110 valence electrons. The summed E-state index contributed by atoms with van der Waals surface area (Å²) in [7, 11) is 0. The van der Waals surface area contributed by atoms with E-state index < -0.39 is 6.04 Å². The molecule has 0 bridgehead atoms. The van der Waals surface area contributed by atoms with E-state index in [-0.39, 0.29) is 5.91 Å². The number of rotatable bonds is 6. The van der Waals surface area contributed by atoms with Crippen LogP contribution in [0.3, 0.4) is 0 Å². The van der Waals surface area contributed by atoms with Crippen LogP contribution < -0.4 is 11.1 Å². The third-order valence-corrected chi connectivity index (χ3v) is 3.57. The lowest BCUT2D eigenvalue weighted by atomic mass is 10.2. The third kappa shape index (κ3) is 4.54. The molecule has 0 fully saturated rings. The van der Waals surface area contributed by atoms with Gasteiger partial charge in [-0.2, -0.15) is 11.8 Å². The highest BCUT2D eigenvalue weighted by Crippen LogP contribution is 2.14. The van der Waals surface area contributed by atoms with E-state index in [9.17, 15) is 4.79 Å². The van der Waals surface area contributed by atoms with E-state index in [1.807, 2.05) is 36.6 Å². The van der Waals surface area contributed by atoms with Crippen molar-refractivity contribution >= 4 is 23.4 Å². The zero-order valence-corrected chi connectivity index (χ0v) is 12.6. The number of aromatic nitrogens is 2. The van der Waals surface area contributed by atoms with Gasteiger partial charge >= 0.3 is 0 Å². The second-order valence-corrected chi connectivity index (χ2v) is 5.52. The smallest absolute Gasteiger partial charge is 0.241 e. The minimum absolute atomic E-state index is 0.208. The predicted molar refractivity (Wildman–Crippen MR) is 87.1 cm³/mol. The highest BCUT2D eigenvalue weighted by Gasteiger charge is 2.13. The van der Waals surface area contributed by atoms with Crippen LogP contribution in [0.25, 0.3) is 11.4 Å². The zero-order chi connectivity index (χ0) is 15.1. The van der Waals surface area contributed by atoms with E-state index in [4.69, 9.17) is 5.73 Å². The van der Waals surface area contributed by atoms with Crippen LogP contribution in [-0.2, 0) is 4.79 Å². The van der Waals surface area contributed by atoms with Gasteiger partial charge < -0.3 is 11.1 Å². The Hall–Kier alpha value is -1.92. The lowest BCUT2D eigenvalue weighted by molar-refractivity contribution is -0.117. The summed E-state index contributed by atoms with van der Waals surface area (Å²) >= 11 is 1.67. The fourth-order valence-corrected chi connectivity index (χ4v) is 2.23. The lowest BCUT2D eigenvalue weighted by Gasteiger charge is -2.11. The monoisotopic (exact) mass is 302 g/mol. The van der Waals surface area contributed by atoms with Gasteiger partial charge in [0.15, 0.2) is 5.82 Å². The Kier molecular flexibility index (Phi) is 5.71. The van der Waals surface area contributed by atoms with Gasteiger partial charge in [0.05, 0.1) is 24.1 Å². The molecule has 1 heterocycles. The highest BCUT2D eigenvalue weighted by molar-refractivity contribution is 7.98. The fourth-order valence-electron chi connectivity index (χ4n) is 1.74. The van der Waals surface area contributed by atoms with Crippen LogP contribution in [0, 0.1) is 0 Å². The fraction of sp³-hybridized carbons (Fsp3) is 0.267. The van der Waals surface area contributed by atoms with E-state index in [0.717, 1.165) is 11.3 Å². The molecule has 0 aliphatic carbocycles. The number of amides is 1. The Balaban J connectivity index is 1.98. The van der Waals surface area contributed by atoms with Crippen LogP contribution >= 0.6 is 11.8 Å². The molecule has 1 atom stereocenters. The number of nitrogens with one attached hydrogen (secondary N) is 1. The predicted octanol–water partition coefficient (Wildman–Crippen LogP) is 2.16. The van der Waals surface area contributed by atoms with Crippen molar-refractivity contribution in [3.8, 4) is 11.4 Å². The summed E-state index contributed by atoms with van der Waals surface area (Å²) in [5.41, 5.74) is 7.30. The molecule has 1 aromatic heterocycles. The van der Waals surface area contributed by atoms with Crippen LogP contribution in [-0.4, -0.2) is 33.9 Å². The normalized spacial score (nSPS) is 11.9. The second-order valence-electron chi connectivity index (χ2n) is 4.54. The van der Waals surface area contributed by atoms with E-state index in [1.54, 1.807) is 24.2 Å². The summed E-state index contributed by atoms with van der Waals surface area (Å²) in [6, 6.07) is 9.16. The molecule has 1 amide bonds. The van der Waals surface area contributed by atoms with Crippen molar-refractivity contribution in [2.24, 2.45) is 5.73 Å². The maximum Gasteiger partial charge on any atom is 0.241 e. The average molecular weight is 302 g/mol. The summed E-state index contributed by atoms with van der Waals surface area (Å²) in [6.07, 6.45) is 5.82. The highest BCUT2D eigenvalue weighted by atomic mass is 32.2. The standard InChI is InChI=1S/C15H18N4OS/c1-21-8-7-13(16)15(20)19-12-9-17-14(18-10-12)11-5-3-2-4-6-11/h2-6,9-10,13H,7-8,16H2,1H3,(H,19,20)/t13-/m0/s1. The molecule has 3 N–H and O–H groups in total. The Morgan fingerprint density at radius 1 is 1.29 bits per heavy atom. The van der Waals surface area contributed by atoms with Crippen molar-refractivity contribution in [1.82, 2.24) is 9.97 Å². The maximum atomic E-state index is 11.9. The summed E-state index contributed by atoms with van der Waals surface area (Å²) in [5, 5.41) is 2.73. The molecule has 0 aliphatic heterocycles. The molecule has 0 spiro atoms. The molecule has 21 heavy (non-hydrogen) atoms. The van der Waals surface area contributed by atoms with Crippen LogP contribution in [0.5, 0.6) is 0 Å². The van der Waals surface area contributed by atoms with Gasteiger partial charge in [-0.05, 0) is 18.4 Å². The van der Waals surface area contributed by atoms with Crippen LogP contribution in [0.1, 0.15) is 6.42 Å². The maximum absolute atomic E-state index is 11.9. The number of anilines is 1. The Bertz CT molecular complexity index is 574. The van der Waals surface area contributed by atoms with Gasteiger partial charge in [-0.15, -0.1) is 0 Å². The van der Waals surface area contributed by atoms with Crippen LogP contribution in [0.2, 0.25) is 0 Å². The number of hydrogen-bond acceptors (Lipinski definition) is 5. The van der Waals surface area contributed by atoms with Gasteiger partial charge in [-0.1, -0.05) is 30.3 Å². The Morgan fingerprint density at radius 3 is 2.57 bits per heavy atom. The number of thioether (sulfide) groups is 1. The van der Waals surface area contributed by atoms with Gasteiger partial charge in [-0.25, -0.2) is 9.97 Å². The quantitative estimate of drug-likeness (QED) is 0.854. The van der Waals surface area contributed by atoms with Gasteiger partial charge in [0.25, 0.3) is 0 Å². The number of nitrogens with two attached hydrogens (primary N) is 1. The molecule has 0 saturated heterocycles. The van der Waals surface area contributed by atoms with Crippen molar-refractivity contribution in [2.45, 2.75) is 12.5 Å². The second kappa shape index (κ2) is 7.75. The molecule has 2 rings (SSSR count). The molecular weight excluding hydrogens is 284 g/mol. The molecule has 0 radical (unpaired) electrons. The first-order valence-corrected chi connectivity index (χ1v) is 8.03. The molecular formula is C15H18N4OS. The Labute approximate surface area is 128 Å².